The topological polar surface area (TPSA) is 60.7 Å². The minimum atomic E-state index is -0.330. The van der Waals surface area contributed by atoms with E-state index in [1.165, 1.54) is 0 Å². The van der Waals surface area contributed by atoms with Crippen molar-refractivity contribution in [3.8, 4) is 17.2 Å². The molecule has 0 radical (unpaired) electrons. The Morgan fingerprint density at radius 3 is 1.38 bits per heavy atom. The average Bonchev–Trinajstić information content (AvgIpc) is 2.69. The Kier molecular flexibility index (Phi) is 5.61. The van der Waals surface area contributed by atoms with Crippen molar-refractivity contribution in [1.29, 1.82) is 0 Å². The zero-order chi connectivity index (χ0) is 21.3. The second-order valence-electron chi connectivity index (χ2n) is 8.20. The van der Waals surface area contributed by atoms with Gasteiger partial charge in [0.15, 0.2) is 0 Å². The van der Waals surface area contributed by atoms with Gasteiger partial charge in [0.25, 0.3) is 0 Å². The summed E-state index contributed by atoms with van der Waals surface area (Å²) in [6.07, 6.45) is 1.60. The van der Waals surface area contributed by atoms with Gasteiger partial charge < -0.3 is 15.3 Å². The SMILES string of the molecule is CCC(Cc1ccc(O)cc1)(c1cc(C)c(O)c(C)c1)c1cc(C)c(O)c(C)c1. The standard InChI is InChI=1S/C26H30O3/c1-6-26(15-20-7-9-23(27)10-8-20,21-11-16(2)24(28)17(3)12-21)22-13-18(4)25(29)19(5)14-22/h7-14,27-29H,6,15H2,1-5H3. The van der Waals surface area contributed by atoms with Gasteiger partial charge in [-0.3, -0.25) is 0 Å². The van der Waals surface area contributed by atoms with Crippen LogP contribution in [0, 0.1) is 27.7 Å². The van der Waals surface area contributed by atoms with Gasteiger partial charge in [0, 0.05) is 5.41 Å². The molecule has 3 heteroatoms. The minimum absolute atomic E-state index is 0.253. The van der Waals surface area contributed by atoms with Gasteiger partial charge in [-0.2, -0.15) is 0 Å². The summed E-state index contributed by atoms with van der Waals surface area (Å²) >= 11 is 0. The molecule has 29 heavy (non-hydrogen) atoms. The van der Waals surface area contributed by atoms with Gasteiger partial charge >= 0.3 is 0 Å². The lowest BCUT2D eigenvalue weighted by molar-refractivity contribution is 0.456. The fourth-order valence-electron chi connectivity index (χ4n) is 4.33. The van der Waals surface area contributed by atoms with Crippen molar-refractivity contribution in [2.24, 2.45) is 0 Å². The molecular weight excluding hydrogens is 360 g/mol. The second-order valence-corrected chi connectivity index (χ2v) is 8.20. The van der Waals surface area contributed by atoms with E-state index in [0.29, 0.717) is 11.5 Å². The first-order valence-electron chi connectivity index (χ1n) is 10.1. The molecule has 0 amide bonds. The molecule has 0 saturated heterocycles. The normalized spacial score (nSPS) is 11.6. The maximum absolute atomic E-state index is 10.3. The molecule has 0 heterocycles. The van der Waals surface area contributed by atoms with Crippen LogP contribution in [0.4, 0.5) is 0 Å². The molecule has 152 valence electrons. The minimum Gasteiger partial charge on any atom is -0.508 e. The van der Waals surface area contributed by atoms with E-state index in [1.54, 1.807) is 12.1 Å². The first-order valence-corrected chi connectivity index (χ1v) is 10.1. The Hall–Kier alpha value is -2.94. The number of phenolic OH excluding ortho intramolecular Hbond substituents is 3. The number of phenols is 3. The van der Waals surface area contributed by atoms with E-state index in [9.17, 15) is 15.3 Å². The highest BCUT2D eigenvalue weighted by Crippen LogP contribution is 2.43. The van der Waals surface area contributed by atoms with Crippen molar-refractivity contribution in [3.63, 3.8) is 0 Å². The summed E-state index contributed by atoms with van der Waals surface area (Å²) in [6.45, 7) is 9.90. The first kappa shape index (κ1) is 20.8. The average molecular weight is 391 g/mol. The Balaban J connectivity index is 2.28. The van der Waals surface area contributed by atoms with Crippen LogP contribution in [0.1, 0.15) is 52.3 Å². The number of hydrogen-bond acceptors (Lipinski definition) is 3. The lowest BCUT2D eigenvalue weighted by Crippen LogP contribution is -2.30. The van der Waals surface area contributed by atoms with Gasteiger partial charge in [-0.1, -0.05) is 43.3 Å². The smallest absolute Gasteiger partial charge is 0.121 e. The molecule has 0 saturated carbocycles. The Labute approximate surface area is 173 Å². The number of aryl methyl sites for hydroxylation is 4. The number of hydrogen-bond donors (Lipinski definition) is 3. The van der Waals surface area contributed by atoms with Crippen molar-refractivity contribution in [2.45, 2.75) is 52.9 Å². The van der Waals surface area contributed by atoms with E-state index in [1.807, 2.05) is 39.8 Å². The summed E-state index contributed by atoms with van der Waals surface area (Å²) < 4.78 is 0. The molecule has 0 bridgehead atoms. The van der Waals surface area contributed by atoms with Crippen molar-refractivity contribution in [3.05, 3.63) is 87.5 Å². The predicted octanol–water partition coefficient (Wildman–Crippen LogP) is 5.98. The molecule has 0 aliphatic carbocycles. The van der Waals surface area contributed by atoms with Crippen LogP contribution in [0.3, 0.4) is 0 Å². The van der Waals surface area contributed by atoms with Crippen LogP contribution in [0.2, 0.25) is 0 Å². The number of benzene rings is 3. The Morgan fingerprint density at radius 1 is 0.655 bits per heavy atom. The van der Waals surface area contributed by atoms with Crippen LogP contribution >= 0.6 is 0 Å². The van der Waals surface area contributed by atoms with Crippen LogP contribution in [0.5, 0.6) is 17.2 Å². The van der Waals surface area contributed by atoms with E-state index in [0.717, 1.165) is 51.8 Å². The highest BCUT2D eigenvalue weighted by atomic mass is 16.3. The maximum Gasteiger partial charge on any atom is 0.121 e. The van der Waals surface area contributed by atoms with Crippen molar-refractivity contribution in [2.75, 3.05) is 0 Å². The van der Waals surface area contributed by atoms with E-state index < -0.39 is 0 Å². The number of rotatable bonds is 5. The summed E-state index contributed by atoms with van der Waals surface area (Å²) in [4.78, 5) is 0. The summed E-state index contributed by atoms with van der Waals surface area (Å²) in [7, 11) is 0. The second kappa shape index (κ2) is 7.82. The number of aromatic hydroxyl groups is 3. The van der Waals surface area contributed by atoms with Crippen molar-refractivity contribution < 1.29 is 15.3 Å². The molecule has 3 aromatic rings. The zero-order valence-electron chi connectivity index (χ0n) is 17.9. The van der Waals surface area contributed by atoms with Gasteiger partial charge in [-0.25, -0.2) is 0 Å². The molecule has 0 fully saturated rings. The zero-order valence-corrected chi connectivity index (χ0v) is 17.9. The Bertz CT molecular complexity index is 929. The molecule has 3 nitrogen and oxygen atoms in total. The molecule has 0 spiro atoms. The molecule has 0 atom stereocenters. The third-order valence-electron chi connectivity index (χ3n) is 6.13. The highest BCUT2D eigenvalue weighted by Gasteiger charge is 2.34. The van der Waals surface area contributed by atoms with Gasteiger partial charge in [0.2, 0.25) is 0 Å². The molecule has 0 aliphatic rings. The monoisotopic (exact) mass is 390 g/mol. The van der Waals surface area contributed by atoms with Crippen LogP contribution in [0.15, 0.2) is 48.5 Å². The fraction of sp³-hybridized carbons (Fsp3) is 0.308. The Morgan fingerprint density at radius 2 is 1.03 bits per heavy atom. The summed E-state index contributed by atoms with van der Waals surface area (Å²) in [5.41, 5.74) is 6.51. The van der Waals surface area contributed by atoms with E-state index in [4.69, 9.17) is 0 Å². The van der Waals surface area contributed by atoms with Gasteiger partial charge in [-0.05, 0) is 91.6 Å². The summed E-state index contributed by atoms with van der Waals surface area (Å²) in [5.74, 6) is 0.923. The molecule has 0 aromatic heterocycles. The van der Waals surface area contributed by atoms with Gasteiger partial charge in [-0.15, -0.1) is 0 Å². The molecule has 3 rings (SSSR count). The van der Waals surface area contributed by atoms with Crippen LogP contribution in [-0.2, 0) is 11.8 Å². The third kappa shape index (κ3) is 3.82. The van der Waals surface area contributed by atoms with Crippen LogP contribution < -0.4 is 0 Å². The molecule has 3 aromatic carbocycles. The van der Waals surface area contributed by atoms with E-state index >= 15 is 0 Å². The first-order chi connectivity index (χ1) is 13.7. The third-order valence-corrected chi connectivity index (χ3v) is 6.13. The highest BCUT2D eigenvalue weighted by molar-refractivity contribution is 5.53. The van der Waals surface area contributed by atoms with E-state index in [2.05, 4.69) is 31.2 Å². The quantitative estimate of drug-likeness (QED) is 0.502. The molecule has 0 unspecified atom stereocenters. The van der Waals surface area contributed by atoms with Gasteiger partial charge in [0.1, 0.15) is 17.2 Å². The van der Waals surface area contributed by atoms with E-state index in [-0.39, 0.29) is 11.2 Å². The van der Waals surface area contributed by atoms with Crippen molar-refractivity contribution >= 4 is 0 Å². The molecular formula is C26H30O3. The van der Waals surface area contributed by atoms with Crippen LogP contribution in [0.25, 0.3) is 0 Å². The van der Waals surface area contributed by atoms with Gasteiger partial charge in [0.05, 0.1) is 0 Å². The van der Waals surface area contributed by atoms with Crippen molar-refractivity contribution in [1.82, 2.24) is 0 Å². The lowest BCUT2D eigenvalue weighted by Gasteiger charge is -2.36. The van der Waals surface area contributed by atoms with Crippen LogP contribution in [-0.4, -0.2) is 15.3 Å². The lowest BCUT2D eigenvalue weighted by atomic mass is 9.67. The molecule has 3 N–H and O–H groups in total. The molecule has 0 aliphatic heterocycles. The predicted molar refractivity (Wildman–Crippen MR) is 118 cm³/mol. The largest absolute Gasteiger partial charge is 0.508 e. The maximum atomic E-state index is 10.3. The summed E-state index contributed by atoms with van der Waals surface area (Å²) in [5, 5.41) is 30.3. The fourth-order valence-corrected chi connectivity index (χ4v) is 4.33. The summed E-state index contributed by atoms with van der Waals surface area (Å²) in [6, 6.07) is 15.6.